The highest BCUT2D eigenvalue weighted by atomic mass is 32.2. The van der Waals surface area contributed by atoms with E-state index in [0.29, 0.717) is 16.8 Å². The lowest BCUT2D eigenvalue weighted by atomic mass is 10.2. The van der Waals surface area contributed by atoms with Gasteiger partial charge in [0.1, 0.15) is 6.61 Å². The van der Waals surface area contributed by atoms with Crippen molar-refractivity contribution >= 4 is 15.9 Å². The molecule has 0 radical (unpaired) electrons. The van der Waals surface area contributed by atoms with E-state index < -0.39 is 10.0 Å². The second-order valence-electron chi connectivity index (χ2n) is 4.31. The standard InChI is InChI=1S/C14H14N2O4S/c1-10-11(2)15-20-14(10)16-21(18,19)13-7-5-12(6-8-13)4-3-9-17/h5-8,16-17H,9H2,1-2H3. The number of aromatic nitrogens is 1. The zero-order chi connectivity index (χ0) is 15.5. The Labute approximate surface area is 122 Å². The average Bonchev–Trinajstić information content (AvgIpc) is 2.77. The molecule has 2 aromatic rings. The van der Waals surface area contributed by atoms with Crippen LogP contribution < -0.4 is 4.72 Å². The highest BCUT2D eigenvalue weighted by Crippen LogP contribution is 2.21. The molecule has 7 heteroatoms. The fourth-order valence-corrected chi connectivity index (χ4v) is 2.60. The molecule has 0 atom stereocenters. The van der Waals surface area contributed by atoms with Crippen molar-refractivity contribution in [3.8, 4) is 11.8 Å². The fourth-order valence-electron chi connectivity index (χ4n) is 1.55. The van der Waals surface area contributed by atoms with Crippen LogP contribution in [0.15, 0.2) is 33.7 Å². The van der Waals surface area contributed by atoms with Gasteiger partial charge in [0.25, 0.3) is 10.0 Å². The van der Waals surface area contributed by atoms with E-state index in [1.54, 1.807) is 26.0 Å². The first-order valence-corrected chi connectivity index (χ1v) is 7.58. The minimum absolute atomic E-state index is 0.0884. The number of aryl methyl sites for hydroxylation is 1. The van der Waals surface area contributed by atoms with Gasteiger partial charge in [0.15, 0.2) is 0 Å². The largest absolute Gasteiger partial charge is 0.384 e. The van der Waals surface area contributed by atoms with Crippen LogP contribution in [-0.4, -0.2) is 25.3 Å². The van der Waals surface area contributed by atoms with Gasteiger partial charge in [-0.05, 0) is 38.1 Å². The van der Waals surface area contributed by atoms with Crippen LogP contribution >= 0.6 is 0 Å². The molecular weight excluding hydrogens is 292 g/mol. The number of hydrogen-bond acceptors (Lipinski definition) is 5. The van der Waals surface area contributed by atoms with E-state index in [1.165, 1.54) is 12.1 Å². The molecule has 0 saturated heterocycles. The molecule has 1 aromatic heterocycles. The van der Waals surface area contributed by atoms with Gasteiger partial charge in [0, 0.05) is 11.1 Å². The number of anilines is 1. The van der Waals surface area contributed by atoms with E-state index in [0.717, 1.165) is 0 Å². The maximum absolute atomic E-state index is 12.2. The molecule has 0 unspecified atom stereocenters. The Balaban J connectivity index is 2.25. The second kappa shape index (κ2) is 5.99. The maximum atomic E-state index is 12.2. The summed E-state index contributed by atoms with van der Waals surface area (Å²) in [6.45, 7) is 3.20. The summed E-state index contributed by atoms with van der Waals surface area (Å²) in [6, 6.07) is 6.00. The minimum atomic E-state index is -3.74. The topological polar surface area (TPSA) is 92.4 Å². The van der Waals surface area contributed by atoms with Crippen LogP contribution in [0.2, 0.25) is 0 Å². The molecule has 1 aromatic carbocycles. The van der Waals surface area contributed by atoms with Gasteiger partial charge in [0.2, 0.25) is 5.88 Å². The van der Waals surface area contributed by atoms with E-state index in [2.05, 4.69) is 21.7 Å². The predicted octanol–water partition coefficient (Wildman–Crippen LogP) is 1.44. The Morgan fingerprint density at radius 2 is 1.95 bits per heavy atom. The van der Waals surface area contributed by atoms with E-state index >= 15 is 0 Å². The number of benzene rings is 1. The van der Waals surface area contributed by atoms with E-state index in [-0.39, 0.29) is 17.4 Å². The number of aliphatic hydroxyl groups excluding tert-OH is 1. The molecule has 0 aliphatic carbocycles. The highest BCUT2D eigenvalue weighted by molar-refractivity contribution is 7.92. The molecule has 0 spiro atoms. The van der Waals surface area contributed by atoms with Gasteiger partial charge in [-0.25, -0.2) is 13.1 Å². The Bertz CT molecular complexity index is 796. The zero-order valence-corrected chi connectivity index (χ0v) is 12.4. The molecule has 110 valence electrons. The van der Waals surface area contributed by atoms with Crippen LogP contribution in [0.25, 0.3) is 0 Å². The summed E-state index contributed by atoms with van der Waals surface area (Å²) in [5.41, 5.74) is 1.89. The van der Waals surface area contributed by atoms with E-state index in [9.17, 15) is 8.42 Å². The molecule has 21 heavy (non-hydrogen) atoms. The molecule has 0 fully saturated rings. The number of sulfonamides is 1. The van der Waals surface area contributed by atoms with Crippen molar-refractivity contribution in [2.75, 3.05) is 11.3 Å². The van der Waals surface area contributed by atoms with Gasteiger partial charge < -0.3 is 9.63 Å². The summed E-state index contributed by atoms with van der Waals surface area (Å²) in [5, 5.41) is 12.3. The monoisotopic (exact) mass is 306 g/mol. The molecule has 6 nitrogen and oxygen atoms in total. The lowest BCUT2D eigenvalue weighted by molar-refractivity contribution is 0.350. The van der Waals surface area contributed by atoms with Crippen molar-refractivity contribution in [3.63, 3.8) is 0 Å². The second-order valence-corrected chi connectivity index (χ2v) is 5.99. The van der Waals surface area contributed by atoms with Crippen molar-refractivity contribution in [1.29, 1.82) is 0 Å². The molecule has 0 saturated carbocycles. The Hall–Kier alpha value is -2.30. The Morgan fingerprint density at radius 1 is 1.29 bits per heavy atom. The Kier molecular flexibility index (Phi) is 4.31. The SMILES string of the molecule is Cc1noc(NS(=O)(=O)c2ccc(C#CCO)cc2)c1C. The van der Waals surface area contributed by atoms with Gasteiger partial charge in [-0.1, -0.05) is 17.0 Å². The summed E-state index contributed by atoms with van der Waals surface area (Å²) < 4.78 is 31.7. The lowest BCUT2D eigenvalue weighted by Gasteiger charge is -2.05. The zero-order valence-electron chi connectivity index (χ0n) is 11.5. The molecular formula is C14H14N2O4S. The van der Waals surface area contributed by atoms with Gasteiger partial charge in [-0.3, -0.25) is 0 Å². The summed E-state index contributed by atoms with van der Waals surface area (Å²) >= 11 is 0. The number of aliphatic hydroxyl groups is 1. The normalized spacial score (nSPS) is 10.8. The molecule has 0 bridgehead atoms. The van der Waals surface area contributed by atoms with Gasteiger partial charge >= 0.3 is 0 Å². The van der Waals surface area contributed by atoms with E-state index in [4.69, 9.17) is 9.63 Å². The van der Waals surface area contributed by atoms with E-state index in [1.807, 2.05) is 0 Å². The predicted molar refractivity (Wildman–Crippen MR) is 77.2 cm³/mol. The number of nitrogens with zero attached hydrogens (tertiary/aromatic N) is 1. The molecule has 0 amide bonds. The molecule has 0 aliphatic heterocycles. The van der Waals surface area contributed by atoms with Crippen LogP contribution in [0, 0.1) is 25.7 Å². The third kappa shape index (κ3) is 3.42. The number of rotatable bonds is 3. The minimum Gasteiger partial charge on any atom is -0.384 e. The first-order valence-electron chi connectivity index (χ1n) is 6.09. The van der Waals surface area contributed by atoms with Crippen LogP contribution in [0.5, 0.6) is 0 Å². The fraction of sp³-hybridized carbons (Fsp3) is 0.214. The average molecular weight is 306 g/mol. The molecule has 0 aliphatic rings. The highest BCUT2D eigenvalue weighted by Gasteiger charge is 2.18. The Morgan fingerprint density at radius 3 is 2.48 bits per heavy atom. The summed E-state index contributed by atoms with van der Waals surface area (Å²) in [5.74, 6) is 5.29. The third-order valence-corrected chi connectivity index (χ3v) is 4.21. The summed E-state index contributed by atoms with van der Waals surface area (Å²) in [6.07, 6.45) is 0. The maximum Gasteiger partial charge on any atom is 0.264 e. The molecule has 2 rings (SSSR count). The van der Waals surface area contributed by atoms with Crippen molar-refractivity contribution < 1.29 is 18.0 Å². The van der Waals surface area contributed by atoms with Gasteiger partial charge in [-0.2, -0.15) is 0 Å². The molecule has 1 heterocycles. The van der Waals surface area contributed by atoms with Gasteiger partial charge in [-0.15, -0.1) is 0 Å². The summed E-state index contributed by atoms with van der Waals surface area (Å²) in [7, 11) is -3.74. The van der Waals surface area contributed by atoms with Crippen molar-refractivity contribution in [2.45, 2.75) is 18.7 Å². The van der Waals surface area contributed by atoms with Crippen molar-refractivity contribution in [3.05, 3.63) is 41.1 Å². The first kappa shape index (κ1) is 15.1. The lowest BCUT2D eigenvalue weighted by Crippen LogP contribution is -2.13. The number of nitrogens with one attached hydrogen (secondary N) is 1. The van der Waals surface area contributed by atoms with Crippen LogP contribution in [0.1, 0.15) is 16.8 Å². The van der Waals surface area contributed by atoms with Crippen LogP contribution in [0.3, 0.4) is 0 Å². The van der Waals surface area contributed by atoms with Crippen molar-refractivity contribution in [1.82, 2.24) is 5.16 Å². The smallest absolute Gasteiger partial charge is 0.264 e. The molecule has 2 N–H and O–H groups in total. The number of hydrogen-bond donors (Lipinski definition) is 2. The van der Waals surface area contributed by atoms with Crippen LogP contribution in [0.4, 0.5) is 5.88 Å². The third-order valence-electron chi connectivity index (χ3n) is 2.86. The summed E-state index contributed by atoms with van der Waals surface area (Å²) in [4.78, 5) is 0.0884. The quantitative estimate of drug-likeness (QED) is 0.837. The van der Waals surface area contributed by atoms with Crippen LogP contribution in [-0.2, 0) is 10.0 Å². The van der Waals surface area contributed by atoms with Gasteiger partial charge in [0.05, 0.1) is 10.6 Å². The van der Waals surface area contributed by atoms with Crippen molar-refractivity contribution in [2.24, 2.45) is 0 Å². The first-order chi connectivity index (χ1) is 9.94.